The van der Waals surface area contributed by atoms with Crippen molar-refractivity contribution in [2.75, 3.05) is 0 Å². The van der Waals surface area contributed by atoms with Gasteiger partial charge in [-0.05, 0) is 38.1 Å². The molecule has 2 rings (SSSR count). The van der Waals surface area contributed by atoms with Crippen molar-refractivity contribution in [2.45, 2.75) is 26.0 Å². The first-order valence-corrected chi connectivity index (χ1v) is 7.80. The van der Waals surface area contributed by atoms with Crippen LogP contribution in [0, 0.1) is 5.82 Å². The number of carbonyl (C=O) groups is 1. The first-order chi connectivity index (χ1) is 10.9. The number of ether oxygens (including phenoxy) is 1. The molecule has 2 aromatic carbocycles. The van der Waals surface area contributed by atoms with Crippen LogP contribution in [0.2, 0.25) is 10.0 Å². The summed E-state index contributed by atoms with van der Waals surface area (Å²) in [6.07, 6.45) is -0.789. The summed E-state index contributed by atoms with van der Waals surface area (Å²) in [6, 6.07) is 10.6. The molecule has 0 spiro atoms. The maximum atomic E-state index is 13.7. The highest BCUT2D eigenvalue weighted by Crippen LogP contribution is 2.28. The average Bonchev–Trinajstić information content (AvgIpc) is 2.50. The number of amides is 1. The Morgan fingerprint density at radius 3 is 2.52 bits per heavy atom. The van der Waals surface area contributed by atoms with Crippen LogP contribution in [0.15, 0.2) is 42.5 Å². The monoisotopic (exact) mass is 355 g/mol. The molecule has 0 heterocycles. The van der Waals surface area contributed by atoms with Crippen molar-refractivity contribution in [1.29, 1.82) is 0 Å². The van der Waals surface area contributed by atoms with Crippen molar-refractivity contribution < 1.29 is 13.9 Å². The largest absolute Gasteiger partial charge is 0.479 e. The SMILES string of the molecule is C[C@@H](Oc1ccc(Cl)cc1Cl)C(=O)N[C@H](C)c1ccccc1F. The number of rotatable bonds is 5. The number of hydrogen-bond acceptors (Lipinski definition) is 2. The van der Waals surface area contributed by atoms with Crippen molar-refractivity contribution in [2.24, 2.45) is 0 Å². The second-order valence-electron chi connectivity index (χ2n) is 5.09. The van der Waals surface area contributed by atoms with Gasteiger partial charge < -0.3 is 10.1 Å². The minimum absolute atomic E-state index is 0.319. The van der Waals surface area contributed by atoms with E-state index < -0.39 is 12.1 Å². The zero-order valence-electron chi connectivity index (χ0n) is 12.6. The molecule has 0 aliphatic carbocycles. The average molecular weight is 356 g/mol. The van der Waals surface area contributed by atoms with E-state index in [1.165, 1.54) is 12.1 Å². The second-order valence-corrected chi connectivity index (χ2v) is 5.93. The maximum Gasteiger partial charge on any atom is 0.261 e. The Bertz CT molecular complexity index is 709. The van der Waals surface area contributed by atoms with Gasteiger partial charge in [0.2, 0.25) is 0 Å². The molecule has 23 heavy (non-hydrogen) atoms. The predicted octanol–water partition coefficient (Wildman–Crippen LogP) is 4.78. The van der Waals surface area contributed by atoms with E-state index in [4.69, 9.17) is 27.9 Å². The van der Waals surface area contributed by atoms with Crippen LogP contribution in [-0.2, 0) is 4.79 Å². The van der Waals surface area contributed by atoms with Crippen LogP contribution in [0.4, 0.5) is 4.39 Å². The van der Waals surface area contributed by atoms with Crippen LogP contribution in [0.1, 0.15) is 25.5 Å². The van der Waals surface area contributed by atoms with E-state index >= 15 is 0 Å². The standard InChI is InChI=1S/C17H16Cl2FNO2/c1-10(13-5-3-4-6-15(13)20)21-17(22)11(2)23-16-8-7-12(18)9-14(16)19/h3-11H,1-2H3,(H,21,22)/t10-,11-/m1/s1. The van der Waals surface area contributed by atoms with E-state index in [0.717, 1.165) is 0 Å². The van der Waals surface area contributed by atoms with E-state index in [2.05, 4.69) is 5.32 Å². The van der Waals surface area contributed by atoms with Gasteiger partial charge in [0.15, 0.2) is 6.10 Å². The number of halogens is 3. The molecule has 0 saturated heterocycles. The molecule has 0 radical (unpaired) electrons. The van der Waals surface area contributed by atoms with Crippen molar-refractivity contribution in [3.05, 3.63) is 63.9 Å². The zero-order valence-corrected chi connectivity index (χ0v) is 14.2. The predicted molar refractivity (Wildman–Crippen MR) is 89.5 cm³/mol. The van der Waals surface area contributed by atoms with E-state index in [-0.39, 0.29) is 11.7 Å². The van der Waals surface area contributed by atoms with Gasteiger partial charge in [0, 0.05) is 10.6 Å². The van der Waals surface area contributed by atoms with Crippen LogP contribution in [-0.4, -0.2) is 12.0 Å². The molecule has 1 N–H and O–H groups in total. The van der Waals surface area contributed by atoms with Gasteiger partial charge in [0.1, 0.15) is 11.6 Å². The van der Waals surface area contributed by atoms with Gasteiger partial charge in [-0.25, -0.2) is 4.39 Å². The van der Waals surface area contributed by atoms with Gasteiger partial charge in [-0.3, -0.25) is 4.79 Å². The fraction of sp³-hybridized carbons (Fsp3) is 0.235. The van der Waals surface area contributed by atoms with Gasteiger partial charge in [-0.2, -0.15) is 0 Å². The molecule has 6 heteroatoms. The maximum absolute atomic E-state index is 13.7. The normalized spacial score (nSPS) is 13.3. The summed E-state index contributed by atoms with van der Waals surface area (Å²) in [5.41, 5.74) is 0.414. The highest BCUT2D eigenvalue weighted by molar-refractivity contribution is 6.35. The third kappa shape index (κ3) is 4.60. The minimum Gasteiger partial charge on any atom is -0.479 e. The first-order valence-electron chi connectivity index (χ1n) is 7.05. The van der Waals surface area contributed by atoms with Crippen molar-refractivity contribution in [1.82, 2.24) is 5.32 Å². The number of benzene rings is 2. The third-order valence-corrected chi connectivity index (χ3v) is 3.83. The Labute approximate surface area is 144 Å². The summed E-state index contributed by atoms with van der Waals surface area (Å²) in [6.45, 7) is 3.30. The molecule has 0 aliphatic rings. The van der Waals surface area contributed by atoms with Crippen LogP contribution in [0.3, 0.4) is 0 Å². The molecule has 0 saturated carbocycles. The van der Waals surface area contributed by atoms with E-state index in [1.54, 1.807) is 44.2 Å². The van der Waals surface area contributed by atoms with Crippen LogP contribution < -0.4 is 10.1 Å². The van der Waals surface area contributed by atoms with E-state index in [1.807, 2.05) is 0 Å². The molecule has 2 atom stereocenters. The molecule has 2 aromatic rings. The lowest BCUT2D eigenvalue weighted by Crippen LogP contribution is -2.38. The molecule has 0 aromatic heterocycles. The lowest BCUT2D eigenvalue weighted by atomic mass is 10.1. The summed E-state index contributed by atoms with van der Waals surface area (Å²) in [5.74, 6) is -0.376. The molecule has 0 bridgehead atoms. The Kier molecular flexibility index (Phi) is 5.85. The Morgan fingerprint density at radius 1 is 1.17 bits per heavy atom. The fourth-order valence-electron chi connectivity index (χ4n) is 2.05. The van der Waals surface area contributed by atoms with Gasteiger partial charge in [-0.1, -0.05) is 41.4 Å². The molecule has 122 valence electrons. The molecule has 3 nitrogen and oxygen atoms in total. The summed E-state index contributed by atoms with van der Waals surface area (Å²) >= 11 is 11.8. The zero-order chi connectivity index (χ0) is 17.0. The second kappa shape index (κ2) is 7.66. The Morgan fingerprint density at radius 2 is 1.87 bits per heavy atom. The lowest BCUT2D eigenvalue weighted by molar-refractivity contribution is -0.127. The van der Waals surface area contributed by atoms with Crippen LogP contribution in [0.5, 0.6) is 5.75 Å². The summed E-state index contributed by atoms with van der Waals surface area (Å²) in [4.78, 5) is 12.2. The Hall–Kier alpha value is -1.78. The third-order valence-electron chi connectivity index (χ3n) is 3.30. The minimum atomic E-state index is -0.789. The van der Waals surface area contributed by atoms with Crippen LogP contribution >= 0.6 is 23.2 Å². The van der Waals surface area contributed by atoms with Crippen LogP contribution in [0.25, 0.3) is 0 Å². The van der Waals surface area contributed by atoms with Gasteiger partial charge in [0.05, 0.1) is 11.1 Å². The number of hydrogen-bond donors (Lipinski definition) is 1. The van der Waals surface area contributed by atoms with E-state index in [0.29, 0.717) is 21.4 Å². The summed E-state index contributed by atoms with van der Waals surface area (Å²) in [5, 5.41) is 3.51. The van der Waals surface area contributed by atoms with Crippen molar-refractivity contribution >= 4 is 29.1 Å². The molecule has 0 fully saturated rings. The molecule has 0 aliphatic heterocycles. The quantitative estimate of drug-likeness (QED) is 0.838. The number of carbonyl (C=O) groups excluding carboxylic acids is 1. The summed E-state index contributed by atoms with van der Waals surface area (Å²) < 4.78 is 19.2. The fourth-order valence-corrected chi connectivity index (χ4v) is 2.50. The highest BCUT2D eigenvalue weighted by atomic mass is 35.5. The topological polar surface area (TPSA) is 38.3 Å². The molecular weight excluding hydrogens is 340 g/mol. The Balaban J connectivity index is 2.01. The molecular formula is C17H16Cl2FNO2. The van der Waals surface area contributed by atoms with Gasteiger partial charge >= 0.3 is 0 Å². The van der Waals surface area contributed by atoms with Gasteiger partial charge in [-0.15, -0.1) is 0 Å². The van der Waals surface area contributed by atoms with Crippen molar-refractivity contribution in [3.63, 3.8) is 0 Å². The van der Waals surface area contributed by atoms with Gasteiger partial charge in [0.25, 0.3) is 5.91 Å². The first kappa shape index (κ1) is 17.6. The molecule has 1 amide bonds. The highest BCUT2D eigenvalue weighted by Gasteiger charge is 2.20. The van der Waals surface area contributed by atoms with E-state index in [9.17, 15) is 9.18 Å². The molecule has 0 unspecified atom stereocenters. The smallest absolute Gasteiger partial charge is 0.261 e. The number of nitrogens with one attached hydrogen (secondary N) is 1. The van der Waals surface area contributed by atoms with Crippen molar-refractivity contribution in [3.8, 4) is 5.75 Å². The summed E-state index contributed by atoms with van der Waals surface area (Å²) in [7, 11) is 0. The lowest BCUT2D eigenvalue weighted by Gasteiger charge is -2.19.